The average Bonchev–Trinajstić information content (AvgIpc) is 3.54. The zero-order chi connectivity index (χ0) is 35.7. The van der Waals surface area contributed by atoms with Crippen LogP contribution in [-0.4, -0.2) is 79.8 Å². The highest BCUT2D eigenvalue weighted by atomic mass is 16.5. The van der Waals surface area contributed by atoms with Gasteiger partial charge in [0.2, 0.25) is 0 Å². The van der Waals surface area contributed by atoms with Crippen molar-refractivity contribution in [1.82, 2.24) is 9.47 Å². The molecule has 4 aromatic carbocycles. The molecule has 6 rings (SSSR count). The average molecular weight is 689 g/mol. The number of nitrogens with zero attached hydrogens (tertiary/aromatic N) is 4. The van der Waals surface area contributed by atoms with Gasteiger partial charge in [0, 0.05) is 86.7 Å². The first-order chi connectivity index (χ1) is 24.9. The minimum atomic E-state index is -0.825. The zero-order valence-electron chi connectivity index (χ0n) is 29.9. The molecule has 9 nitrogen and oxygen atoms in total. The molecule has 0 aliphatic carbocycles. The SMILES string of the molecule is CCc1ccc(N(C)c2cc(C(=O)c3cn(CCCC(=O)O)c4ccccc34)ccc2OCCCN2CCN(c3ccccc3OC)CC2)cc1. The van der Waals surface area contributed by atoms with Crippen LogP contribution in [0.4, 0.5) is 17.1 Å². The molecule has 2 heterocycles. The molecule has 0 atom stereocenters. The van der Waals surface area contributed by atoms with Crippen LogP contribution < -0.4 is 19.3 Å². The van der Waals surface area contributed by atoms with Crippen LogP contribution in [0.1, 0.15) is 47.7 Å². The molecule has 0 bridgehead atoms. The molecule has 1 aliphatic heterocycles. The van der Waals surface area contributed by atoms with Gasteiger partial charge in [-0.25, -0.2) is 0 Å². The lowest BCUT2D eigenvalue weighted by Crippen LogP contribution is -2.46. The fourth-order valence-electron chi connectivity index (χ4n) is 6.88. The number of carbonyl (C=O) groups excluding carboxylic acids is 1. The number of methoxy groups -OCH3 is 1. The molecule has 1 aromatic heterocycles. The van der Waals surface area contributed by atoms with Gasteiger partial charge >= 0.3 is 5.97 Å². The summed E-state index contributed by atoms with van der Waals surface area (Å²) in [5.41, 5.74) is 6.31. The van der Waals surface area contributed by atoms with Crippen molar-refractivity contribution in [3.05, 3.63) is 114 Å². The van der Waals surface area contributed by atoms with Gasteiger partial charge in [0.1, 0.15) is 11.5 Å². The van der Waals surface area contributed by atoms with E-state index >= 15 is 0 Å². The van der Waals surface area contributed by atoms with Crippen LogP contribution in [0.25, 0.3) is 10.9 Å². The third-order valence-corrected chi connectivity index (χ3v) is 9.81. The van der Waals surface area contributed by atoms with Crippen LogP contribution in [-0.2, 0) is 17.8 Å². The van der Waals surface area contributed by atoms with E-state index in [1.54, 1.807) is 7.11 Å². The minimum absolute atomic E-state index is 0.0761. The Balaban J connectivity index is 1.17. The number of aliphatic carboxylic acids is 1. The quantitative estimate of drug-likeness (QED) is 0.0836. The van der Waals surface area contributed by atoms with Crippen molar-refractivity contribution in [3.63, 3.8) is 0 Å². The maximum atomic E-state index is 14.2. The van der Waals surface area contributed by atoms with Gasteiger partial charge in [0.25, 0.3) is 0 Å². The number of hydrogen-bond donors (Lipinski definition) is 1. The molecule has 0 amide bonds. The highest BCUT2D eigenvalue weighted by molar-refractivity contribution is 6.17. The van der Waals surface area contributed by atoms with Crippen molar-refractivity contribution in [2.75, 3.05) is 63.3 Å². The van der Waals surface area contributed by atoms with Crippen LogP contribution in [0.15, 0.2) is 97.2 Å². The van der Waals surface area contributed by atoms with Crippen molar-refractivity contribution in [1.29, 1.82) is 0 Å². The number of piperazine rings is 1. The number of fused-ring (bicyclic) bond motifs is 1. The molecule has 0 unspecified atom stereocenters. The van der Waals surface area contributed by atoms with Crippen molar-refractivity contribution in [2.45, 2.75) is 39.2 Å². The molecule has 5 aromatic rings. The highest BCUT2D eigenvalue weighted by Crippen LogP contribution is 2.36. The summed E-state index contributed by atoms with van der Waals surface area (Å²) in [6.45, 7) is 8.01. The Labute approximate surface area is 300 Å². The number of carboxylic acids is 1. The summed E-state index contributed by atoms with van der Waals surface area (Å²) in [4.78, 5) is 32.3. The molecule has 0 saturated carbocycles. The number of ketones is 1. The van der Waals surface area contributed by atoms with E-state index in [0.717, 1.165) is 85.0 Å². The number of benzene rings is 4. The third-order valence-electron chi connectivity index (χ3n) is 9.81. The van der Waals surface area contributed by atoms with E-state index in [1.807, 2.05) is 72.4 Å². The number of aryl methyl sites for hydroxylation is 2. The number of hydrogen-bond acceptors (Lipinski definition) is 7. The second-order valence-corrected chi connectivity index (χ2v) is 13.0. The largest absolute Gasteiger partial charge is 0.495 e. The van der Waals surface area contributed by atoms with Crippen LogP contribution in [0.5, 0.6) is 11.5 Å². The summed E-state index contributed by atoms with van der Waals surface area (Å²) in [5, 5.41) is 10.0. The Morgan fingerprint density at radius 3 is 2.33 bits per heavy atom. The lowest BCUT2D eigenvalue weighted by Gasteiger charge is -2.36. The molecule has 266 valence electrons. The third kappa shape index (κ3) is 8.37. The first-order valence-corrected chi connectivity index (χ1v) is 17.9. The Morgan fingerprint density at radius 2 is 1.59 bits per heavy atom. The lowest BCUT2D eigenvalue weighted by atomic mass is 10.0. The predicted octanol–water partition coefficient (Wildman–Crippen LogP) is 7.67. The Hall–Kier alpha value is -5.28. The number of aromatic nitrogens is 1. The van der Waals surface area contributed by atoms with Gasteiger partial charge in [-0.05, 0) is 73.4 Å². The molecular formula is C42H48N4O5. The Kier molecular flexibility index (Phi) is 11.6. The number of para-hydroxylation sites is 3. The zero-order valence-corrected chi connectivity index (χ0v) is 29.9. The fraction of sp³-hybridized carbons (Fsp3) is 0.333. The predicted molar refractivity (Wildman–Crippen MR) is 204 cm³/mol. The second-order valence-electron chi connectivity index (χ2n) is 13.0. The fourth-order valence-corrected chi connectivity index (χ4v) is 6.88. The van der Waals surface area contributed by atoms with Crippen LogP contribution in [0, 0.1) is 0 Å². The molecule has 1 fully saturated rings. The normalized spacial score (nSPS) is 13.4. The van der Waals surface area contributed by atoms with E-state index in [9.17, 15) is 9.59 Å². The van der Waals surface area contributed by atoms with E-state index in [2.05, 4.69) is 58.0 Å². The minimum Gasteiger partial charge on any atom is -0.495 e. The summed E-state index contributed by atoms with van der Waals surface area (Å²) < 4.78 is 14.0. The van der Waals surface area contributed by atoms with E-state index in [-0.39, 0.29) is 12.2 Å². The van der Waals surface area contributed by atoms with E-state index in [0.29, 0.717) is 30.7 Å². The van der Waals surface area contributed by atoms with E-state index in [4.69, 9.17) is 14.6 Å². The maximum Gasteiger partial charge on any atom is 0.303 e. The van der Waals surface area contributed by atoms with E-state index < -0.39 is 5.97 Å². The second kappa shape index (κ2) is 16.6. The summed E-state index contributed by atoms with van der Waals surface area (Å²) >= 11 is 0. The molecule has 1 aliphatic rings. The van der Waals surface area contributed by atoms with Crippen LogP contribution >= 0.6 is 0 Å². The Bertz CT molecular complexity index is 1950. The molecule has 1 N–H and O–H groups in total. The number of ether oxygens (including phenoxy) is 2. The summed E-state index contributed by atoms with van der Waals surface area (Å²) in [7, 11) is 3.73. The molecule has 0 radical (unpaired) electrons. The first-order valence-electron chi connectivity index (χ1n) is 17.9. The topological polar surface area (TPSA) is 87.5 Å². The highest BCUT2D eigenvalue weighted by Gasteiger charge is 2.22. The molecule has 1 saturated heterocycles. The Morgan fingerprint density at radius 1 is 0.843 bits per heavy atom. The van der Waals surface area contributed by atoms with Crippen molar-refractivity contribution in [2.24, 2.45) is 0 Å². The van der Waals surface area contributed by atoms with Crippen molar-refractivity contribution in [3.8, 4) is 11.5 Å². The van der Waals surface area contributed by atoms with Crippen LogP contribution in [0.3, 0.4) is 0 Å². The summed E-state index contributed by atoms with van der Waals surface area (Å²) in [6.07, 6.45) is 4.26. The number of carboxylic acid groups (broad SMARTS) is 1. The van der Waals surface area contributed by atoms with E-state index in [1.165, 1.54) is 5.56 Å². The van der Waals surface area contributed by atoms with Gasteiger partial charge in [-0.3, -0.25) is 14.5 Å². The first kappa shape index (κ1) is 35.5. The standard InChI is InChI=1S/C42H48N4O5/c1-4-31-16-19-33(20-17-31)43(2)38-29-32(42(49)35-30-46(23-9-15-41(47)48)36-12-6-5-11-34(35)36)18-21-40(38)51-28-10-22-44-24-26-45(27-25-44)37-13-7-8-14-39(37)50-3/h5-8,11-14,16-21,29-30H,4,9-10,15,22-28H2,1-3H3,(H,47,48). The van der Waals surface area contributed by atoms with Gasteiger partial charge in [-0.15, -0.1) is 0 Å². The smallest absolute Gasteiger partial charge is 0.303 e. The molecular weight excluding hydrogens is 640 g/mol. The van der Waals surface area contributed by atoms with Crippen LogP contribution in [0.2, 0.25) is 0 Å². The van der Waals surface area contributed by atoms with Gasteiger partial charge in [0.05, 0.1) is 25.1 Å². The molecule has 0 spiro atoms. The van der Waals surface area contributed by atoms with Crippen molar-refractivity contribution >= 4 is 39.7 Å². The van der Waals surface area contributed by atoms with Gasteiger partial charge < -0.3 is 28.9 Å². The lowest BCUT2D eigenvalue weighted by molar-refractivity contribution is -0.137. The summed E-state index contributed by atoms with van der Waals surface area (Å²) in [6, 6.07) is 30.2. The van der Waals surface area contributed by atoms with Gasteiger partial charge in [-0.1, -0.05) is 49.4 Å². The van der Waals surface area contributed by atoms with Gasteiger partial charge in [0.15, 0.2) is 5.78 Å². The number of anilines is 3. The van der Waals surface area contributed by atoms with Crippen molar-refractivity contribution < 1.29 is 24.2 Å². The molecule has 51 heavy (non-hydrogen) atoms. The number of carbonyl (C=O) groups is 2. The number of rotatable bonds is 16. The summed E-state index contributed by atoms with van der Waals surface area (Å²) in [5.74, 6) is 0.728. The van der Waals surface area contributed by atoms with Gasteiger partial charge in [-0.2, -0.15) is 0 Å². The monoisotopic (exact) mass is 688 g/mol. The maximum absolute atomic E-state index is 14.2. The molecule has 9 heteroatoms.